The van der Waals surface area contributed by atoms with E-state index < -0.39 is 15.4 Å². The molecule has 0 unspecified atom stereocenters. The van der Waals surface area contributed by atoms with Gasteiger partial charge in [-0.25, -0.2) is 17.5 Å². The Bertz CT molecular complexity index is 845. The Hall–Kier alpha value is -2.25. The van der Waals surface area contributed by atoms with Crippen molar-refractivity contribution in [1.82, 2.24) is 4.72 Å². The number of nitrogens with one attached hydrogen (secondary N) is 2. The summed E-state index contributed by atoms with van der Waals surface area (Å²) in [4.78, 5) is 11.1. The Labute approximate surface area is 147 Å². The van der Waals surface area contributed by atoms with Crippen molar-refractivity contribution in [3.05, 3.63) is 59.9 Å². The molecule has 2 aromatic rings. The van der Waals surface area contributed by atoms with Gasteiger partial charge in [0.15, 0.2) is 0 Å². The second-order valence-corrected chi connectivity index (χ2v) is 8.19. The smallest absolute Gasteiger partial charge is 0.240 e. The second-order valence-electron chi connectivity index (χ2n) is 6.42. The van der Waals surface area contributed by atoms with Gasteiger partial charge in [0.05, 0.1) is 4.90 Å². The third kappa shape index (κ3) is 5.11. The molecule has 0 bridgehead atoms. The van der Waals surface area contributed by atoms with Crippen LogP contribution in [0.4, 0.5) is 10.1 Å². The maximum Gasteiger partial charge on any atom is 0.240 e. The van der Waals surface area contributed by atoms with Crippen LogP contribution in [-0.2, 0) is 20.2 Å². The molecule has 0 spiro atoms. The zero-order chi connectivity index (χ0) is 18.7. The molecule has 2 N–H and O–H groups in total. The van der Waals surface area contributed by atoms with Gasteiger partial charge in [0.2, 0.25) is 15.9 Å². The highest BCUT2D eigenvalue weighted by Gasteiger charge is 2.24. The van der Waals surface area contributed by atoms with Gasteiger partial charge in [0.25, 0.3) is 0 Å². The predicted octanol–water partition coefficient (Wildman–Crippen LogP) is 3.04. The molecule has 0 heterocycles. The van der Waals surface area contributed by atoms with Crippen LogP contribution < -0.4 is 10.0 Å². The normalized spacial score (nSPS) is 12.0. The summed E-state index contributed by atoms with van der Waals surface area (Å²) in [5.41, 5.74) is 0.854. The first kappa shape index (κ1) is 19.1. The summed E-state index contributed by atoms with van der Waals surface area (Å²) in [6.07, 6.45) is 0. The van der Waals surface area contributed by atoms with Crippen molar-refractivity contribution >= 4 is 21.6 Å². The molecule has 1 amide bonds. The lowest BCUT2D eigenvalue weighted by molar-refractivity contribution is -0.114. The Kier molecular flexibility index (Phi) is 5.59. The van der Waals surface area contributed by atoms with E-state index in [0.717, 1.165) is 5.56 Å². The summed E-state index contributed by atoms with van der Waals surface area (Å²) < 4.78 is 40.5. The van der Waals surface area contributed by atoms with E-state index in [1.165, 1.54) is 43.3 Å². The zero-order valence-electron chi connectivity index (χ0n) is 14.3. The molecule has 0 aliphatic carbocycles. The molecule has 0 radical (unpaired) electrons. The average molecular weight is 364 g/mol. The molecular weight excluding hydrogens is 343 g/mol. The highest BCUT2D eigenvalue weighted by Crippen LogP contribution is 2.23. The first-order valence-corrected chi connectivity index (χ1v) is 9.22. The second kappa shape index (κ2) is 7.33. The fourth-order valence-corrected chi connectivity index (χ4v) is 3.49. The molecule has 0 aliphatic rings. The van der Waals surface area contributed by atoms with E-state index in [0.29, 0.717) is 5.69 Å². The molecule has 0 aliphatic heterocycles. The fraction of sp³-hybridized carbons (Fsp3) is 0.278. The lowest BCUT2D eigenvalue weighted by Crippen LogP contribution is -2.36. The molecule has 0 atom stereocenters. The monoisotopic (exact) mass is 364 g/mol. The molecule has 5 nitrogen and oxygen atoms in total. The minimum absolute atomic E-state index is 0.108. The summed E-state index contributed by atoms with van der Waals surface area (Å²) in [6.45, 7) is 5.30. The minimum atomic E-state index is -3.69. The summed E-state index contributed by atoms with van der Waals surface area (Å²) in [5, 5.41) is 2.58. The standard InChI is InChI=1S/C18H21FN2O3S/c1-13(22)21-16-8-10-17(11-9-16)25(23,24)20-12-18(2,3)14-4-6-15(19)7-5-14/h4-11,20H,12H2,1-3H3,(H,21,22). The van der Waals surface area contributed by atoms with Gasteiger partial charge in [-0.3, -0.25) is 4.79 Å². The number of carbonyl (C=O) groups excluding carboxylic acids is 1. The van der Waals surface area contributed by atoms with Gasteiger partial charge in [-0.1, -0.05) is 26.0 Å². The summed E-state index contributed by atoms with van der Waals surface area (Å²) in [7, 11) is -3.69. The highest BCUT2D eigenvalue weighted by molar-refractivity contribution is 7.89. The van der Waals surface area contributed by atoms with Crippen LogP contribution in [0.1, 0.15) is 26.3 Å². The van der Waals surface area contributed by atoms with E-state index in [2.05, 4.69) is 10.0 Å². The van der Waals surface area contributed by atoms with Gasteiger partial charge in [0.1, 0.15) is 5.82 Å². The third-order valence-corrected chi connectivity index (χ3v) is 5.23. The number of sulfonamides is 1. The van der Waals surface area contributed by atoms with E-state index in [-0.39, 0.29) is 23.2 Å². The van der Waals surface area contributed by atoms with Crippen LogP contribution in [-0.4, -0.2) is 20.9 Å². The lowest BCUT2D eigenvalue weighted by atomic mass is 9.85. The Balaban J connectivity index is 2.10. The number of rotatable bonds is 6. The van der Waals surface area contributed by atoms with Crippen molar-refractivity contribution in [2.24, 2.45) is 0 Å². The van der Waals surface area contributed by atoms with Gasteiger partial charge >= 0.3 is 0 Å². The number of anilines is 1. The summed E-state index contributed by atoms with van der Waals surface area (Å²) in [6, 6.07) is 11.9. The van der Waals surface area contributed by atoms with E-state index in [9.17, 15) is 17.6 Å². The molecular formula is C18H21FN2O3S. The zero-order valence-corrected chi connectivity index (χ0v) is 15.2. The molecule has 0 saturated carbocycles. The maximum absolute atomic E-state index is 13.0. The fourth-order valence-electron chi connectivity index (χ4n) is 2.28. The first-order valence-electron chi connectivity index (χ1n) is 7.73. The van der Waals surface area contributed by atoms with Gasteiger partial charge in [0, 0.05) is 24.6 Å². The summed E-state index contributed by atoms with van der Waals surface area (Å²) in [5.74, 6) is -0.561. The SMILES string of the molecule is CC(=O)Nc1ccc(S(=O)(=O)NCC(C)(C)c2ccc(F)cc2)cc1. The molecule has 2 rings (SSSR count). The summed E-state index contributed by atoms with van der Waals surface area (Å²) >= 11 is 0. The van der Waals surface area contributed by atoms with Crippen LogP contribution in [0.15, 0.2) is 53.4 Å². The van der Waals surface area contributed by atoms with Crippen LogP contribution in [0, 0.1) is 5.82 Å². The molecule has 7 heteroatoms. The molecule has 0 fully saturated rings. The van der Waals surface area contributed by atoms with E-state index in [1.54, 1.807) is 12.1 Å². The third-order valence-electron chi connectivity index (χ3n) is 3.81. The van der Waals surface area contributed by atoms with E-state index >= 15 is 0 Å². The van der Waals surface area contributed by atoms with E-state index in [1.807, 2.05) is 13.8 Å². The number of carbonyl (C=O) groups is 1. The Morgan fingerprint density at radius 1 is 1.04 bits per heavy atom. The molecule has 0 saturated heterocycles. The van der Waals surface area contributed by atoms with Crippen molar-refractivity contribution in [3.63, 3.8) is 0 Å². The highest BCUT2D eigenvalue weighted by atomic mass is 32.2. The Morgan fingerprint density at radius 3 is 2.12 bits per heavy atom. The quantitative estimate of drug-likeness (QED) is 0.827. The molecule has 2 aromatic carbocycles. The van der Waals surface area contributed by atoms with Crippen molar-refractivity contribution in [3.8, 4) is 0 Å². The van der Waals surface area contributed by atoms with Crippen LogP contribution in [0.25, 0.3) is 0 Å². The topological polar surface area (TPSA) is 75.3 Å². The van der Waals surface area contributed by atoms with Crippen LogP contribution in [0.3, 0.4) is 0 Å². The van der Waals surface area contributed by atoms with Crippen molar-refractivity contribution in [1.29, 1.82) is 0 Å². The van der Waals surface area contributed by atoms with Gasteiger partial charge in [-0.05, 0) is 42.0 Å². The average Bonchev–Trinajstić information content (AvgIpc) is 2.54. The largest absolute Gasteiger partial charge is 0.326 e. The predicted molar refractivity (Wildman–Crippen MR) is 95.4 cm³/mol. The van der Waals surface area contributed by atoms with Crippen LogP contribution in [0.5, 0.6) is 0 Å². The van der Waals surface area contributed by atoms with Crippen LogP contribution >= 0.6 is 0 Å². The van der Waals surface area contributed by atoms with Gasteiger partial charge < -0.3 is 5.32 Å². The van der Waals surface area contributed by atoms with Crippen LogP contribution in [0.2, 0.25) is 0 Å². The first-order chi connectivity index (χ1) is 11.6. The molecule has 0 aromatic heterocycles. The minimum Gasteiger partial charge on any atom is -0.326 e. The lowest BCUT2D eigenvalue weighted by Gasteiger charge is -2.25. The number of benzene rings is 2. The molecule has 134 valence electrons. The number of hydrogen-bond acceptors (Lipinski definition) is 3. The van der Waals surface area contributed by atoms with E-state index in [4.69, 9.17) is 0 Å². The van der Waals surface area contributed by atoms with Gasteiger partial charge in [-0.15, -0.1) is 0 Å². The van der Waals surface area contributed by atoms with Crippen molar-refractivity contribution in [2.45, 2.75) is 31.1 Å². The number of halogens is 1. The van der Waals surface area contributed by atoms with Crippen molar-refractivity contribution in [2.75, 3.05) is 11.9 Å². The number of amides is 1. The Morgan fingerprint density at radius 2 is 1.60 bits per heavy atom. The van der Waals surface area contributed by atoms with Crippen molar-refractivity contribution < 1.29 is 17.6 Å². The van der Waals surface area contributed by atoms with Gasteiger partial charge in [-0.2, -0.15) is 0 Å². The molecule has 25 heavy (non-hydrogen) atoms. The number of hydrogen-bond donors (Lipinski definition) is 2. The maximum atomic E-state index is 13.0.